The molecule has 0 nitrogen and oxygen atoms in total. The van der Waals surface area contributed by atoms with Crippen LogP contribution in [0.25, 0.3) is 154 Å². The van der Waals surface area contributed by atoms with Crippen LogP contribution in [0.15, 0.2) is 437 Å². The molecule has 0 aliphatic heterocycles. The van der Waals surface area contributed by atoms with E-state index in [1.165, 1.54) is 198 Å². The zero-order valence-electron chi connectivity index (χ0n) is 60.6. The molecule has 512 valence electrons. The van der Waals surface area contributed by atoms with Crippen molar-refractivity contribution in [3.05, 3.63) is 481 Å². The van der Waals surface area contributed by atoms with Gasteiger partial charge >= 0.3 is 0 Å². The first kappa shape index (κ1) is 64.4. The number of fused-ring (bicyclic) bond motifs is 14. The molecule has 22 rings (SSSR count). The molecule has 0 spiro atoms. The van der Waals surface area contributed by atoms with Crippen LogP contribution in [0.2, 0.25) is 0 Å². The second-order valence-corrected chi connectivity index (χ2v) is 29.7. The maximum atomic E-state index is 2.45. The van der Waals surface area contributed by atoms with Gasteiger partial charge in [-0.2, -0.15) is 0 Å². The molecule has 0 saturated carbocycles. The fraction of sp³-hybridized carbons (Fsp3) is 0.0182. The maximum absolute atomic E-state index is 2.45. The van der Waals surface area contributed by atoms with Gasteiger partial charge in [0, 0.05) is 0 Å². The Kier molecular flexibility index (Phi) is 15.5. The van der Waals surface area contributed by atoms with E-state index in [0.29, 0.717) is 0 Å². The minimum Gasteiger partial charge on any atom is -0.0622 e. The van der Waals surface area contributed by atoms with Crippen LogP contribution in [0, 0.1) is 0 Å². The van der Waals surface area contributed by atoms with Crippen LogP contribution in [-0.2, 0) is 10.8 Å². The normalized spacial score (nSPS) is 12.9. The van der Waals surface area contributed by atoms with E-state index >= 15 is 0 Å². The third-order valence-corrected chi connectivity index (χ3v) is 23.8. The third kappa shape index (κ3) is 10.6. The first-order chi connectivity index (χ1) is 54.5. The summed E-state index contributed by atoms with van der Waals surface area (Å²) < 4.78 is 0. The van der Waals surface area contributed by atoms with E-state index < -0.39 is 10.8 Å². The van der Waals surface area contributed by atoms with Crippen molar-refractivity contribution >= 4 is 64.6 Å². The first-order valence-corrected chi connectivity index (χ1v) is 38.3. The summed E-state index contributed by atoms with van der Waals surface area (Å²) in [5.74, 6) is 0. The van der Waals surface area contributed by atoms with Gasteiger partial charge in [0.25, 0.3) is 0 Å². The van der Waals surface area contributed by atoms with E-state index in [1.54, 1.807) is 0 Å². The van der Waals surface area contributed by atoms with Crippen LogP contribution in [0.5, 0.6) is 0 Å². The smallest absolute Gasteiger partial charge is 0.0622 e. The highest BCUT2D eigenvalue weighted by molar-refractivity contribution is 6.23. The Labute approximate surface area is 641 Å². The molecule has 0 fully saturated rings. The number of hydrogen-bond acceptors (Lipinski definition) is 0. The average molecular weight is 1390 g/mol. The Hall–Kier alpha value is -14.0. The van der Waals surface area contributed by atoms with Gasteiger partial charge in [-0.05, 0) is 259 Å². The van der Waals surface area contributed by atoms with Gasteiger partial charge in [-0.15, -0.1) is 0 Å². The van der Waals surface area contributed by atoms with Gasteiger partial charge in [0.1, 0.15) is 0 Å². The molecule has 2 aliphatic rings. The number of rotatable bonds is 10. The molecule has 20 aromatic carbocycles. The summed E-state index contributed by atoms with van der Waals surface area (Å²) in [6.07, 6.45) is 0. The lowest BCUT2D eigenvalue weighted by atomic mass is 9.67. The summed E-state index contributed by atoms with van der Waals surface area (Å²) in [7, 11) is 0. The summed E-state index contributed by atoms with van der Waals surface area (Å²) in [5, 5.41) is 15.3. The van der Waals surface area contributed by atoms with Crippen LogP contribution >= 0.6 is 0 Å². The van der Waals surface area contributed by atoms with Gasteiger partial charge in [-0.25, -0.2) is 0 Å². The molecule has 0 aromatic heterocycles. The third-order valence-electron chi connectivity index (χ3n) is 23.8. The molecule has 0 radical (unpaired) electrons. The zero-order chi connectivity index (χ0) is 72.7. The molecular weight excluding hydrogens is 1320 g/mol. The summed E-state index contributed by atoms with van der Waals surface area (Å²) in [6.45, 7) is 0. The second kappa shape index (κ2) is 26.5. The molecular formula is C110H72. The van der Waals surface area contributed by atoms with Gasteiger partial charge in [0.15, 0.2) is 0 Å². The quantitative estimate of drug-likeness (QED) is 0.120. The molecule has 20 aromatic rings. The highest BCUT2D eigenvalue weighted by Gasteiger charge is 2.47. The monoisotopic (exact) mass is 1390 g/mol. The molecule has 110 heavy (non-hydrogen) atoms. The van der Waals surface area contributed by atoms with Crippen molar-refractivity contribution in [1.29, 1.82) is 0 Å². The standard InChI is InChI=1S/C59H38.C51H34/c1-3-17-48(18-4-1)59(49-19-5-2-6-20-49)56-25-12-11-23-52(56)55-37-45(32-33-57(55)59)41-16-13-15-40(34-41)42-27-28-44-36-46(30-29-43(44)35-42)54-38-47-31-26-39-14-7-8-21-50(39)58(47)53-24-10-9-22-51(53)54;1-3-16-45(17-4-1)51(46-18-5-2-6-19-46)49-21-10-9-20-47(49)48-29-28-44(34-50(48)51)38-15-11-14-37(31-38)39-24-25-43-33-42(27-26-41(43)32-39)40-23-22-35-12-7-8-13-36(35)30-40/h1-38H;1-34H. The molecule has 0 bridgehead atoms. The SMILES string of the molecule is c1ccc(C2(c3ccccc3)c3ccccc3-c3cc(-c4cccc(-c5ccc6cc(-c7cc8ccc9ccccc9c8c8ccccc78)ccc6c5)c4)ccc32)cc1.c1ccc(C2(c3ccccc3)c3ccccc3-c3ccc(-c4cccc(-c5ccc6cc(-c7ccc8ccccc8c7)ccc6c5)c4)cc32)cc1. The van der Waals surface area contributed by atoms with Crippen LogP contribution in [0.4, 0.5) is 0 Å². The summed E-state index contributed by atoms with van der Waals surface area (Å²) >= 11 is 0. The van der Waals surface area contributed by atoms with Gasteiger partial charge in [0.05, 0.1) is 10.8 Å². The largest absolute Gasteiger partial charge is 0.0713 e. The Morgan fingerprint density at radius 2 is 0.445 bits per heavy atom. The van der Waals surface area contributed by atoms with Crippen molar-refractivity contribution in [2.24, 2.45) is 0 Å². The van der Waals surface area contributed by atoms with Crippen LogP contribution in [0.3, 0.4) is 0 Å². The maximum Gasteiger partial charge on any atom is 0.0713 e. The molecule has 0 amide bonds. The first-order valence-electron chi connectivity index (χ1n) is 38.3. The second-order valence-electron chi connectivity index (χ2n) is 29.7. The minimum atomic E-state index is -0.411. The molecule has 0 saturated heterocycles. The van der Waals surface area contributed by atoms with E-state index in [0.717, 1.165) is 0 Å². The van der Waals surface area contributed by atoms with E-state index in [1.807, 2.05) is 0 Å². The van der Waals surface area contributed by atoms with Crippen molar-refractivity contribution < 1.29 is 0 Å². The van der Waals surface area contributed by atoms with Gasteiger partial charge in [-0.1, -0.05) is 376 Å². The molecule has 2 aliphatic carbocycles. The van der Waals surface area contributed by atoms with Crippen molar-refractivity contribution in [2.45, 2.75) is 10.8 Å². The molecule has 0 atom stereocenters. The van der Waals surface area contributed by atoms with Gasteiger partial charge in [0.2, 0.25) is 0 Å². The molecule has 0 heteroatoms. The Bertz CT molecular complexity index is 6930. The van der Waals surface area contributed by atoms with Crippen LogP contribution < -0.4 is 0 Å². The Morgan fingerprint density at radius 3 is 0.973 bits per heavy atom. The number of benzene rings is 20. The van der Waals surface area contributed by atoms with Crippen molar-refractivity contribution in [3.8, 4) is 89.0 Å². The van der Waals surface area contributed by atoms with Crippen molar-refractivity contribution in [1.82, 2.24) is 0 Å². The van der Waals surface area contributed by atoms with Crippen LogP contribution in [0.1, 0.15) is 44.5 Å². The van der Waals surface area contributed by atoms with Crippen LogP contribution in [-0.4, -0.2) is 0 Å². The highest BCUT2D eigenvalue weighted by Crippen LogP contribution is 2.59. The summed E-state index contributed by atoms with van der Waals surface area (Å²) in [4.78, 5) is 0. The van der Waals surface area contributed by atoms with E-state index in [-0.39, 0.29) is 0 Å². The van der Waals surface area contributed by atoms with E-state index in [9.17, 15) is 0 Å². The molecule has 0 N–H and O–H groups in total. The highest BCUT2D eigenvalue weighted by atomic mass is 14.5. The van der Waals surface area contributed by atoms with Gasteiger partial charge in [-0.3, -0.25) is 0 Å². The number of hydrogen-bond donors (Lipinski definition) is 0. The molecule has 0 unspecified atom stereocenters. The van der Waals surface area contributed by atoms with Gasteiger partial charge < -0.3 is 0 Å². The lowest BCUT2D eigenvalue weighted by Gasteiger charge is -2.34. The van der Waals surface area contributed by atoms with Crippen molar-refractivity contribution in [3.63, 3.8) is 0 Å². The lowest BCUT2D eigenvalue weighted by molar-refractivity contribution is 0.768. The fourth-order valence-electron chi connectivity index (χ4n) is 18.7. The van der Waals surface area contributed by atoms with E-state index in [2.05, 4.69) is 437 Å². The predicted molar refractivity (Wildman–Crippen MR) is 465 cm³/mol. The summed E-state index contributed by atoms with van der Waals surface area (Å²) in [6, 6.07) is 162. The molecule has 0 heterocycles. The Morgan fingerprint density at radius 1 is 0.127 bits per heavy atom. The topological polar surface area (TPSA) is 0 Å². The minimum absolute atomic E-state index is 0.393. The Balaban J connectivity index is 0.000000141. The fourth-order valence-corrected chi connectivity index (χ4v) is 18.7. The zero-order valence-corrected chi connectivity index (χ0v) is 60.6. The van der Waals surface area contributed by atoms with Crippen molar-refractivity contribution in [2.75, 3.05) is 0 Å². The summed E-state index contributed by atoms with van der Waals surface area (Å²) in [5.41, 5.74) is 29.6. The average Bonchev–Trinajstić information content (AvgIpc) is 1.53. The van der Waals surface area contributed by atoms with E-state index in [4.69, 9.17) is 0 Å². The lowest BCUT2D eigenvalue weighted by Crippen LogP contribution is -2.28. The predicted octanol–water partition coefficient (Wildman–Crippen LogP) is 29.0.